The van der Waals surface area contributed by atoms with Gasteiger partial charge >= 0.3 is 6.18 Å². The lowest BCUT2D eigenvalue weighted by Crippen LogP contribution is -2.48. The molecule has 2 aromatic carbocycles. The van der Waals surface area contributed by atoms with Crippen LogP contribution in [0.5, 0.6) is 5.75 Å². The van der Waals surface area contributed by atoms with E-state index in [1.54, 1.807) is 19.2 Å². The number of alkyl halides is 3. The van der Waals surface area contributed by atoms with Crippen molar-refractivity contribution in [1.29, 1.82) is 5.26 Å². The first kappa shape index (κ1) is 29.1. The Balaban J connectivity index is 0.00000400. The second kappa shape index (κ2) is 12.9. The van der Waals surface area contributed by atoms with Gasteiger partial charge in [0.2, 0.25) is 5.91 Å². The van der Waals surface area contributed by atoms with Crippen LogP contribution < -0.4 is 19.9 Å². The van der Waals surface area contributed by atoms with Crippen molar-refractivity contribution in [2.75, 3.05) is 62.7 Å². The van der Waals surface area contributed by atoms with Crippen LogP contribution in [0.25, 0.3) is 0 Å². The second-order valence-electron chi connectivity index (χ2n) is 9.44. The molecule has 206 valence electrons. The molecule has 2 aromatic rings. The number of hydrogen-bond acceptors (Lipinski definition) is 6. The molecule has 0 saturated carbocycles. The molecule has 2 heterocycles. The Morgan fingerprint density at radius 3 is 2.18 bits per heavy atom. The third-order valence-electron chi connectivity index (χ3n) is 7.12. The number of piperazine rings is 1. The number of carbonyl (C=O) groups is 1. The number of nitriles is 1. The standard InChI is InChI=1S/C27H32F3N5O2.CH4/c1-37-24-6-4-22(5-7-24)35-16-14-33(15-17-35)11-10-26(36)32-21-8-12-34(13-9-21)23-3-2-20(19-31)25(18-23)27(28,29)30;/h2-7,18,21H,8-17H2,1H3,(H,32,36);1H4. The Morgan fingerprint density at radius 2 is 1.61 bits per heavy atom. The summed E-state index contributed by atoms with van der Waals surface area (Å²) in [6.07, 6.45) is -2.83. The van der Waals surface area contributed by atoms with Crippen LogP contribution >= 0.6 is 0 Å². The van der Waals surface area contributed by atoms with Gasteiger partial charge in [-0.15, -0.1) is 0 Å². The van der Waals surface area contributed by atoms with Gasteiger partial charge in [-0.25, -0.2) is 0 Å². The van der Waals surface area contributed by atoms with Crippen LogP contribution in [0, 0.1) is 11.3 Å². The van der Waals surface area contributed by atoms with E-state index in [-0.39, 0.29) is 24.9 Å². The highest BCUT2D eigenvalue weighted by Gasteiger charge is 2.34. The van der Waals surface area contributed by atoms with Crippen LogP contribution in [0.4, 0.5) is 24.5 Å². The lowest BCUT2D eigenvalue weighted by Gasteiger charge is -2.36. The zero-order valence-corrected chi connectivity index (χ0v) is 20.9. The third-order valence-corrected chi connectivity index (χ3v) is 7.12. The lowest BCUT2D eigenvalue weighted by atomic mass is 10.0. The van der Waals surface area contributed by atoms with E-state index in [0.717, 1.165) is 38.0 Å². The first-order valence-corrected chi connectivity index (χ1v) is 12.5. The maximum Gasteiger partial charge on any atom is 0.417 e. The minimum Gasteiger partial charge on any atom is -0.497 e. The number of benzene rings is 2. The van der Waals surface area contributed by atoms with E-state index in [1.807, 2.05) is 17.0 Å². The summed E-state index contributed by atoms with van der Waals surface area (Å²) in [7, 11) is 1.65. The molecule has 2 saturated heterocycles. The molecule has 0 unspecified atom stereocenters. The van der Waals surface area contributed by atoms with Crippen molar-refractivity contribution in [3.63, 3.8) is 0 Å². The molecule has 0 spiro atoms. The van der Waals surface area contributed by atoms with Crippen molar-refractivity contribution < 1.29 is 22.7 Å². The topological polar surface area (TPSA) is 71.8 Å². The SMILES string of the molecule is C.COc1ccc(N2CCN(CCC(=O)NC3CCN(c4ccc(C#N)c(C(F)(F)F)c4)CC3)CC2)cc1. The quantitative estimate of drug-likeness (QED) is 0.567. The first-order valence-electron chi connectivity index (χ1n) is 12.5. The van der Waals surface area contributed by atoms with Gasteiger partial charge in [0.25, 0.3) is 0 Å². The predicted octanol–water partition coefficient (Wildman–Crippen LogP) is 4.52. The fraction of sp³-hybridized carbons (Fsp3) is 0.500. The number of nitrogens with one attached hydrogen (secondary N) is 1. The lowest BCUT2D eigenvalue weighted by molar-refractivity contribution is -0.137. The Kier molecular flexibility index (Phi) is 9.86. The second-order valence-corrected chi connectivity index (χ2v) is 9.44. The molecular weight excluding hydrogens is 495 g/mol. The summed E-state index contributed by atoms with van der Waals surface area (Å²) in [5, 5.41) is 12.1. The van der Waals surface area contributed by atoms with E-state index in [9.17, 15) is 18.0 Å². The monoisotopic (exact) mass is 531 g/mol. The van der Waals surface area contributed by atoms with Gasteiger partial charge in [0.05, 0.1) is 24.3 Å². The number of nitrogens with zero attached hydrogens (tertiary/aromatic N) is 4. The van der Waals surface area contributed by atoms with Crippen molar-refractivity contribution in [2.45, 2.75) is 38.9 Å². The number of carbonyl (C=O) groups excluding carboxylic acids is 1. The molecule has 1 N–H and O–H groups in total. The number of rotatable bonds is 7. The summed E-state index contributed by atoms with van der Waals surface area (Å²) < 4.78 is 45.1. The maximum atomic E-state index is 13.3. The molecule has 0 aromatic heterocycles. The molecule has 7 nitrogen and oxygen atoms in total. The van der Waals surface area contributed by atoms with Gasteiger partial charge in [0, 0.05) is 69.7 Å². The number of anilines is 2. The van der Waals surface area contributed by atoms with Crippen LogP contribution in [0.1, 0.15) is 37.8 Å². The van der Waals surface area contributed by atoms with Crippen molar-refractivity contribution >= 4 is 17.3 Å². The van der Waals surface area contributed by atoms with E-state index in [2.05, 4.69) is 27.2 Å². The van der Waals surface area contributed by atoms with Crippen LogP contribution in [0.3, 0.4) is 0 Å². The van der Waals surface area contributed by atoms with Gasteiger partial charge < -0.3 is 19.9 Å². The number of methoxy groups -OCH3 is 1. The average molecular weight is 532 g/mol. The van der Waals surface area contributed by atoms with Crippen molar-refractivity contribution in [1.82, 2.24) is 10.2 Å². The zero-order chi connectivity index (χ0) is 26.4. The highest BCUT2D eigenvalue weighted by atomic mass is 19.4. The fourth-order valence-electron chi connectivity index (χ4n) is 4.93. The Bertz CT molecular complexity index is 1100. The Morgan fingerprint density at radius 1 is 1.00 bits per heavy atom. The van der Waals surface area contributed by atoms with Crippen molar-refractivity contribution in [2.24, 2.45) is 0 Å². The summed E-state index contributed by atoms with van der Waals surface area (Å²) in [6, 6.07) is 13.5. The maximum absolute atomic E-state index is 13.3. The summed E-state index contributed by atoms with van der Waals surface area (Å²) in [5.74, 6) is 0.845. The van der Waals surface area contributed by atoms with Gasteiger partial charge in [-0.3, -0.25) is 9.69 Å². The predicted molar refractivity (Wildman–Crippen MR) is 143 cm³/mol. The van der Waals surface area contributed by atoms with Crippen LogP contribution in [0.15, 0.2) is 42.5 Å². The average Bonchev–Trinajstić information content (AvgIpc) is 2.92. The van der Waals surface area contributed by atoms with Gasteiger partial charge in [0.1, 0.15) is 5.75 Å². The highest BCUT2D eigenvalue weighted by Crippen LogP contribution is 2.35. The van der Waals surface area contributed by atoms with Gasteiger partial charge in [-0.05, 0) is 55.3 Å². The summed E-state index contributed by atoms with van der Waals surface area (Å²) >= 11 is 0. The Hall–Kier alpha value is -3.45. The molecule has 0 radical (unpaired) electrons. The summed E-state index contributed by atoms with van der Waals surface area (Å²) in [5.41, 5.74) is 0.332. The molecule has 38 heavy (non-hydrogen) atoms. The van der Waals surface area contributed by atoms with Crippen LogP contribution in [-0.2, 0) is 11.0 Å². The largest absolute Gasteiger partial charge is 0.497 e. The number of ether oxygens (including phenoxy) is 1. The van der Waals surface area contributed by atoms with E-state index in [1.165, 1.54) is 11.8 Å². The third kappa shape index (κ3) is 7.32. The smallest absolute Gasteiger partial charge is 0.417 e. The summed E-state index contributed by atoms with van der Waals surface area (Å²) in [6.45, 7) is 5.37. The first-order chi connectivity index (χ1) is 17.8. The number of halogens is 3. The van der Waals surface area contributed by atoms with E-state index >= 15 is 0 Å². The number of amides is 1. The molecule has 0 aliphatic carbocycles. The van der Waals surface area contributed by atoms with E-state index < -0.39 is 11.7 Å². The van der Waals surface area contributed by atoms with Gasteiger partial charge in [-0.1, -0.05) is 7.43 Å². The number of hydrogen-bond donors (Lipinski definition) is 1. The van der Waals surface area contributed by atoms with E-state index in [0.29, 0.717) is 44.6 Å². The molecule has 0 bridgehead atoms. The van der Waals surface area contributed by atoms with E-state index in [4.69, 9.17) is 10.00 Å². The molecule has 2 fully saturated rings. The molecule has 1 amide bonds. The molecule has 2 aliphatic heterocycles. The minimum atomic E-state index is -4.57. The van der Waals surface area contributed by atoms with Crippen molar-refractivity contribution in [3.05, 3.63) is 53.6 Å². The molecular formula is C28H36F3N5O2. The highest BCUT2D eigenvalue weighted by molar-refractivity contribution is 5.76. The normalized spacial score (nSPS) is 16.9. The minimum absolute atomic E-state index is 0. The summed E-state index contributed by atoms with van der Waals surface area (Å²) in [4.78, 5) is 19.0. The molecule has 10 heteroatoms. The molecule has 4 rings (SSSR count). The number of piperidine rings is 1. The Labute approximate surface area is 222 Å². The fourth-order valence-corrected chi connectivity index (χ4v) is 4.93. The van der Waals surface area contributed by atoms with Crippen LogP contribution in [0.2, 0.25) is 0 Å². The van der Waals surface area contributed by atoms with Crippen LogP contribution in [-0.4, -0.2) is 69.8 Å². The zero-order valence-electron chi connectivity index (χ0n) is 20.9. The van der Waals surface area contributed by atoms with Gasteiger partial charge in [0.15, 0.2) is 0 Å². The van der Waals surface area contributed by atoms with Crippen molar-refractivity contribution in [3.8, 4) is 11.8 Å². The van der Waals surface area contributed by atoms with Gasteiger partial charge in [-0.2, -0.15) is 18.4 Å². The molecule has 0 atom stereocenters. The molecule has 2 aliphatic rings.